The summed E-state index contributed by atoms with van der Waals surface area (Å²) in [6, 6.07) is 18.3. The molecule has 1 aromatic heterocycles. The minimum absolute atomic E-state index is 0.0769. The molecule has 2 atom stereocenters. The van der Waals surface area contributed by atoms with Gasteiger partial charge in [-0.05, 0) is 69.5 Å². The molecule has 2 heterocycles. The summed E-state index contributed by atoms with van der Waals surface area (Å²) in [5.41, 5.74) is -1.50. The van der Waals surface area contributed by atoms with Gasteiger partial charge in [0.2, 0.25) is 5.91 Å². The van der Waals surface area contributed by atoms with E-state index in [9.17, 15) is 14.0 Å². The van der Waals surface area contributed by atoms with Gasteiger partial charge in [0.25, 0.3) is 0 Å². The van der Waals surface area contributed by atoms with Crippen molar-refractivity contribution in [1.29, 1.82) is 0 Å². The quantitative estimate of drug-likeness (QED) is 0.150. The van der Waals surface area contributed by atoms with E-state index in [-0.39, 0.29) is 30.7 Å². The molecule has 10 nitrogen and oxygen atoms in total. The number of hydrogen-bond acceptors (Lipinski definition) is 8. The molecule has 2 aliphatic rings. The summed E-state index contributed by atoms with van der Waals surface area (Å²) < 4.78 is 45.7. The number of aromatic nitrogens is 2. The molecule has 1 saturated carbocycles. The highest BCUT2D eigenvalue weighted by Gasteiger charge is 2.78. The average Bonchev–Trinajstić information content (AvgIpc) is 3.72. The highest BCUT2D eigenvalue weighted by Crippen LogP contribution is 2.67. The maximum Gasteiger partial charge on any atom is 0.509 e. The first-order valence-electron chi connectivity index (χ1n) is 16.0. The zero-order valence-electron chi connectivity index (χ0n) is 28.1. The van der Waals surface area contributed by atoms with Crippen LogP contribution < -0.4 is 9.47 Å². The minimum Gasteiger partial charge on any atom is -0.497 e. The number of benzene rings is 3. The Morgan fingerprint density at radius 1 is 1.04 bits per heavy atom. The van der Waals surface area contributed by atoms with E-state index in [0.717, 1.165) is 5.56 Å². The largest absolute Gasteiger partial charge is 0.509 e. The number of rotatable bonds is 11. The second-order valence-electron chi connectivity index (χ2n) is 13.3. The highest BCUT2D eigenvalue weighted by atomic mass is 35.5. The number of methoxy groups -OCH3 is 2. The van der Waals surface area contributed by atoms with Crippen molar-refractivity contribution in [3.63, 3.8) is 0 Å². The topological polar surface area (TPSA) is 101 Å². The van der Waals surface area contributed by atoms with Crippen molar-refractivity contribution in [2.75, 3.05) is 20.8 Å². The molecule has 1 spiro atoms. The Kier molecular flexibility index (Phi) is 9.34. The van der Waals surface area contributed by atoms with Crippen molar-refractivity contribution in [3.8, 4) is 17.2 Å². The van der Waals surface area contributed by atoms with Crippen molar-refractivity contribution in [2.24, 2.45) is 5.41 Å². The van der Waals surface area contributed by atoms with E-state index >= 15 is 0 Å². The van der Waals surface area contributed by atoms with Crippen LogP contribution in [-0.2, 0) is 32.2 Å². The SMILES string of the molecule is COc1ccc(CN2C(=O)C3(CC3)[C@@](COCc3ccccc3)(OC(=O)OC(C)(C)C)[C@H]2c2nccn2-c2ccc(F)c(Cl)c2)c(OC)c1. The molecule has 49 heavy (non-hydrogen) atoms. The predicted octanol–water partition coefficient (Wildman–Crippen LogP) is 7.45. The molecule has 1 aliphatic heterocycles. The van der Waals surface area contributed by atoms with E-state index in [0.29, 0.717) is 41.4 Å². The van der Waals surface area contributed by atoms with Crippen LogP contribution in [0.4, 0.5) is 9.18 Å². The number of likely N-dealkylation sites (tertiary alicyclic amines) is 1. The van der Waals surface area contributed by atoms with Gasteiger partial charge >= 0.3 is 6.16 Å². The molecule has 3 aromatic carbocycles. The fourth-order valence-electron chi connectivity index (χ4n) is 6.61. The Hall–Kier alpha value is -4.61. The Labute approximate surface area is 289 Å². The van der Waals surface area contributed by atoms with Crippen LogP contribution in [0.15, 0.2) is 79.1 Å². The third kappa shape index (κ3) is 6.57. The standard InChI is InChI=1S/C37H39ClFN3O7/c1-35(2,3)48-34(44)49-37(23-47-22-24-9-7-6-8-10-24)31(32-40-17-18-41(32)26-12-14-29(39)28(38)19-26)42(33(43)36(37)15-16-36)21-25-11-13-27(45-4)20-30(25)46-5/h6-14,17-20,31H,15-16,21-23H2,1-5H3/t31-,37+/m1/s1. The summed E-state index contributed by atoms with van der Waals surface area (Å²) in [5.74, 6) is 0.651. The van der Waals surface area contributed by atoms with Crippen LogP contribution in [0.3, 0.4) is 0 Å². The third-order valence-corrected chi connectivity index (χ3v) is 9.29. The van der Waals surface area contributed by atoms with Gasteiger partial charge < -0.3 is 33.2 Å². The summed E-state index contributed by atoms with van der Waals surface area (Å²) in [7, 11) is 3.10. The average molecular weight is 692 g/mol. The second-order valence-corrected chi connectivity index (χ2v) is 13.7. The number of imidazole rings is 1. The van der Waals surface area contributed by atoms with E-state index in [2.05, 4.69) is 0 Å². The first-order valence-corrected chi connectivity index (χ1v) is 16.3. The molecule has 2 fully saturated rings. The van der Waals surface area contributed by atoms with Gasteiger partial charge in [-0.15, -0.1) is 0 Å². The molecule has 0 N–H and O–H groups in total. The fraction of sp³-hybridized carbons (Fsp3) is 0.378. The van der Waals surface area contributed by atoms with Gasteiger partial charge in [-0.25, -0.2) is 14.2 Å². The van der Waals surface area contributed by atoms with Crippen molar-refractivity contribution in [3.05, 3.63) is 107 Å². The molecule has 0 radical (unpaired) electrons. The lowest BCUT2D eigenvalue weighted by atomic mass is 9.81. The lowest BCUT2D eigenvalue weighted by molar-refractivity contribution is -0.144. The van der Waals surface area contributed by atoms with Crippen LogP contribution in [0.25, 0.3) is 5.69 Å². The first-order chi connectivity index (χ1) is 23.4. The maximum absolute atomic E-state index is 14.8. The van der Waals surface area contributed by atoms with Gasteiger partial charge in [-0.3, -0.25) is 4.79 Å². The Morgan fingerprint density at radius 3 is 2.45 bits per heavy atom. The van der Waals surface area contributed by atoms with E-state index in [1.165, 1.54) is 12.1 Å². The zero-order valence-corrected chi connectivity index (χ0v) is 28.8. The molecule has 4 aromatic rings. The number of amides is 1. The van der Waals surface area contributed by atoms with Crippen molar-refractivity contribution in [2.45, 2.75) is 64.0 Å². The third-order valence-electron chi connectivity index (χ3n) is 9.00. The van der Waals surface area contributed by atoms with Crippen molar-refractivity contribution >= 4 is 23.7 Å². The Bertz CT molecular complexity index is 1840. The lowest BCUT2D eigenvalue weighted by Gasteiger charge is -2.39. The lowest BCUT2D eigenvalue weighted by Crippen LogP contribution is -2.52. The molecule has 0 bridgehead atoms. The van der Waals surface area contributed by atoms with E-state index in [1.54, 1.807) is 75.1 Å². The molecule has 0 unspecified atom stereocenters. The van der Waals surface area contributed by atoms with Crippen LogP contribution in [0.1, 0.15) is 56.6 Å². The summed E-state index contributed by atoms with van der Waals surface area (Å²) in [4.78, 5) is 35.0. The van der Waals surface area contributed by atoms with Crippen molar-refractivity contribution in [1.82, 2.24) is 14.5 Å². The molecule has 1 saturated heterocycles. The normalized spacial score (nSPS) is 19.6. The van der Waals surface area contributed by atoms with Gasteiger partial charge in [0, 0.05) is 29.7 Å². The van der Waals surface area contributed by atoms with Crippen LogP contribution in [0.2, 0.25) is 5.02 Å². The molecular weight excluding hydrogens is 653 g/mol. The van der Waals surface area contributed by atoms with Crippen LogP contribution in [0.5, 0.6) is 11.5 Å². The van der Waals surface area contributed by atoms with Crippen molar-refractivity contribution < 1.29 is 37.7 Å². The maximum atomic E-state index is 14.8. The summed E-state index contributed by atoms with van der Waals surface area (Å²) in [6.07, 6.45) is 3.21. The van der Waals surface area contributed by atoms with E-state index < -0.39 is 34.6 Å². The Balaban J connectivity index is 1.52. The Morgan fingerprint density at radius 2 is 1.80 bits per heavy atom. The van der Waals surface area contributed by atoms with Gasteiger partial charge in [0.15, 0.2) is 5.60 Å². The van der Waals surface area contributed by atoms with Gasteiger partial charge in [-0.1, -0.05) is 41.9 Å². The molecule has 12 heteroatoms. The number of carbonyl (C=O) groups excluding carboxylic acids is 2. The molecule has 1 aliphatic carbocycles. The van der Waals surface area contributed by atoms with Gasteiger partial charge in [0.05, 0.1) is 44.4 Å². The number of ether oxygens (including phenoxy) is 5. The number of nitrogens with zero attached hydrogens (tertiary/aromatic N) is 3. The molecule has 258 valence electrons. The summed E-state index contributed by atoms with van der Waals surface area (Å²) in [5, 5.41) is -0.0828. The number of hydrogen-bond donors (Lipinski definition) is 0. The zero-order chi connectivity index (χ0) is 35.0. The molecule has 6 rings (SSSR count). The first kappa shape index (κ1) is 34.3. The highest BCUT2D eigenvalue weighted by molar-refractivity contribution is 6.30. The summed E-state index contributed by atoms with van der Waals surface area (Å²) in [6.45, 7) is 5.35. The van der Waals surface area contributed by atoms with Gasteiger partial charge in [0.1, 0.15) is 34.8 Å². The predicted molar refractivity (Wildman–Crippen MR) is 179 cm³/mol. The monoisotopic (exact) mass is 691 g/mol. The minimum atomic E-state index is -1.59. The van der Waals surface area contributed by atoms with E-state index in [4.69, 9.17) is 40.3 Å². The fourth-order valence-corrected chi connectivity index (χ4v) is 6.79. The van der Waals surface area contributed by atoms with Crippen LogP contribution >= 0.6 is 11.6 Å². The van der Waals surface area contributed by atoms with E-state index in [1.807, 2.05) is 36.4 Å². The van der Waals surface area contributed by atoms with Gasteiger partial charge in [-0.2, -0.15) is 0 Å². The van der Waals surface area contributed by atoms with Crippen LogP contribution in [0, 0.1) is 11.2 Å². The molecule has 1 amide bonds. The second kappa shape index (κ2) is 13.4. The van der Waals surface area contributed by atoms with Crippen LogP contribution in [-0.4, -0.2) is 58.5 Å². The molecular formula is C37H39ClFN3O7. The summed E-state index contributed by atoms with van der Waals surface area (Å²) >= 11 is 6.23. The smallest absolute Gasteiger partial charge is 0.497 e. The number of carbonyl (C=O) groups is 2. The number of halogens is 2.